The molecular formula is C24H31N5O3. The van der Waals surface area contributed by atoms with Crippen LogP contribution in [0.15, 0.2) is 18.5 Å². The molecule has 8 heteroatoms. The summed E-state index contributed by atoms with van der Waals surface area (Å²) in [5.74, 6) is 0.362. The average Bonchev–Trinajstić information content (AvgIpc) is 3.23. The molecule has 1 aromatic carbocycles. The molecule has 0 radical (unpaired) electrons. The van der Waals surface area contributed by atoms with Gasteiger partial charge in [0.25, 0.3) is 0 Å². The highest BCUT2D eigenvalue weighted by Crippen LogP contribution is 2.54. The Balaban J connectivity index is 1.60. The topological polar surface area (TPSA) is 136 Å². The fourth-order valence-electron chi connectivity index (χ4n) is 5.91. The predicted molar refractivity (Wildman–Crippen MR) is 123 cm³/mol. The van der Waals surface area contributed by atoms with Crippen molar-refractivity contribution in [1.29, 1.82) is 0 Å². The van der Waals surface area contributed by atoms with Crippen LogP contribution in [-0.2, 0) is 16.6 Å². The fraction of sp³-hybridized carbons (Fsp3) is 0.542. The van der Waals surface area contributed by atoms with Crippen molar-refractivity contribution >= 4 is 17.5 Å². The lowest BCUT2D eigenvalue weighted by atomic mass is 9.67. The van der Waals surface area contributed by atoms with Crippen molar-refractivity contribution in [1.82, 2.24) is 9.97 Å². The molecule has 0 bridgehead atoms. The zero-order valence-electron chi connectivity index (χ0n) is 18.3. The van der Waals surface area contributed by atoms with Gasteiger partial charge in [-0.1, -0.05) is 12.8 Å². The van der Waals surface area contributed by atoms with Gasteiger partial charge in [-0.25, -0.2) is 9.97 Å². The van der Waals surface area contributed by atoms with Gasteiger partial charge in [0.15, 0.2) is 0 Å². The Kier molecular flexibility index (Phi) is 5.41. The number of nitrogens with zero attached hydrogens (tertiary/aromatic N) is 2. The first kappa shape index (κ1) is 21.0. The number of benzene rings is 1. The van der Waals surface area contributed by atoms with Gasteiger partial charge in [0.05, 0.1) is 17.5 Å². The van der Waals surface area contributed by atoms with Crippen molar-refractivity contribution in [2.24, 2.45) is 5.73 Å². The first-order valence-electron chi connectivity index (χ1n) is 11.6. The molecule has 2 aromatic rings. The normalized spacial score (nSPS) is 23.4. The van der Waals surface area contributed by atoms with Crippen LogP contribution in [0.5, 0.6) is 5.75 Å². The van der Waals surface area contributed by atoms with E-state index in [4.69, 9.17) is 16.2 Å². The van der Waals surface area contributed by atoms with Crippen LogP contribution in [0.2, 0.25) is 0 Å². The number of nitrogens with one attached hydrogen (secondary N) is 1. The first-order chi connectivity index (χ1) is 15.5. The number of nitrogen functional groups attached to an aromatic ring is 1. The Morgan fingerprint density at radius 2 is 1.94 bits per heavy atom. The minimum atomic E-state index is -0.907. The third-order valence-corrected chi connectivity index (χ3v) is 7.44. The lowest BCUT2D eigenvalue weighted by Gasteiger charge is -2.38. The Bertz CT molecular complexity index is 1030. The number of hydrogen-bond acceptors (Lipinski definition) is 7. The summed E-state index contributed by atoms with van der Waals surface area (Å²) >= 11 is 0. The van der Waals surface area contributed by atoms with Gasteiger partial charge in [-0.2, -0.15) is 0 Å². The number of aliphatic carboxylic acids is 1. The molecule has 1 spiro atoms. The van der Waals surface area contributed by atoms with Crippen LogP contribution >= 0.6 is 0 Å². The van der Waals surface area contributed by atoms with Gasteiger partial charge in [-0.3, -0.25) is 4.79 Å². The lowest BCUT2D eigenvalue weighted by Crippen LogP contribution is -2.33. The van der Waals surface area contributed by atoms with Gasteiger partial charge >= 0.3 is 5.97 Å². The number of carbonyl (C=O) groups is 1. The lowest BCUT2D eigenvalue weighted by molar-refractivity contribution is -0.134. The van der Waals surface area contributed by atoms with E-state index in [9.17, 15) is 9.90 Å². The van der Waals surface area contributed by atoms with E-state index in [-0.39, 0.29) is 24.1 Å². The number of aromatic nitrogens is 2. The van der Waals surface area contributed by atoms with Crippen LogP contribution in [0.25, 0.3) is 11.3 Å². The van der Waals surface area contributed by atoms with Crippen LogP contribution in [0.4, 0.5) is 11.5 Å². The van der Waals surface area contributed by atoms with E-state index in [1.165, 1.54) is 6.33 Å². The molecule has 3 aliphatic carbocycles. The van der Waals surface area contributed by atoms with Crippen molar-refractivity contribution in [3.8, 4) is 17.0 Å². The molecule has 5 rings (SSSR count). The molecular weight excluding hydrogens is 406 g/mol. The first-order valence-corrected chi connectivity index (χ1v) is 11.6. The molecule has 1 heterocycles. The van der Waals surface area contributed by atoms with E-state index in [0.717, 1.165) is 85.9 Å². The van der Waals surface area contributed by atoms with E-state index in [2.05, 4.69) is 15.3 Å². The number of ether oxygens (including phenoxy) is 1. The second-order valence-electron chi connectivity index (χ2n) is 9.51. The maximum Gasteiger partial charge on any atom is 0.322 e. The largest absolute Gasteiger partial charge is 0.488 e. The SMILES string of the molecule is Nc1ncnc2c1C1(CCCC1)Cc1c-2ccc(OC2CCC(N)CC2)c1NCC(=O)O. The number of fused-ring (bicyclic) bond motifs is 4. The Morgan fingerprint density at radius 1 is 1.19 bits per heavy atom. The van der Waals surface area contributed by atoms with E-state index >= 15 is 0 Å². The molecule has 2 fully saturated rings. The van der Waals surface area contributed by atoms with Gasteiger partial charge in [-0.15, -0.1) is 0 Å². The van der Waals surface area contributed by atoms with Gasteiger partial charge in [-0.05, 0) is 62.6 Å². The molecule has 2 saturated carbocycles. The number of rotatable bonds is 5. The summed E-state index contributed by atoms with van der Waals surface area (Å²) in [6.07, 6.45) is 10.4. The summed E-state index contributed by atoms with van der Waals surface area (Å²) in [4.78, 5) is 20.4. The maximum absolute atomic E-state index is 11.4. The number of carboxylic acid groups (broad SMARTS) is 1. The quantitative estimate of drug-likeness (QED) is 0.560. The smallest absolute Gasteiger partial charge is 0.322 e. The Hall–Kier alpha value is -2.87. The second kappa shape index (κ2) is 8.24. The third kappa shape index (κ3) is 3.66. The van der Waals surface area contributed by atoms with Crippen molar-refractivity contribution in [3.63, 3.8) is 0 Å². The van der Waals surface area contributed by atoms with Crippen molar-refractivity contribution in [3.05, 3.63) is 29.6 Å². The molecule has 0 aliphatic heterocycles. The summed E-state index contributed by atoms with van der Waals surface area (Å²) in [6.45, 7) is -0.172. The molecule has 3 aliphatic rings. The van der Waals surface area contributed by atoms with E-state index in [1.54, 1.807) is 0 Å². The van der Waals surface area contributed by atoms with E-state index in [1.807, 2.05) is 12.1 Å². The van der Waals surface area contributed by atoms with Gasteiger partial charge in [0.2, 0.25) is 0 Å². The molecule has 0 atom stereocenters. The highest BCUT2D eigenvalue weighted by molar-refractivity contribution is 5.84. The van der Waals surface area contributed by atoms with Gasteiger partial charge in [0, 0.05) is 22.6 Å². The summed E-state index contributed by atoms with van der Waals surface area (Å²) in [6, 6.07) is 4.22. The number of nitrogens with two attached hydrogens (primary N) is 2. The Morgan fingerprint density at radius 3 is 2.66 bits per heavy atom. The van der Waals surface area contributed by atoms with Gasteiger partial charge in [0.1, 0.15) is 24.4 Å². The van der Waals surface area contributed by atoms with Crippen LogP contribution < -0.4 is 21.5 Å². The molecule has 32 heavy (non-hydrogen) atoms. The standard InChI is InChI=1S/C24H31N5O3/c25-14-3-5-15(6-4-14)32-18-8-7-16-17(21(18)27-12-19(30)31)11-24(9-1-2-10-24)20-22(16)28-13-29-23(20)26/h7-8,13-15,27H,1-6,9-12,25H2,(H,30,31)(H2,26,28,29). The average molecular weight is 438 g/mol. The van der Waals surface area contributed by atoms with E-state index < -0.39 is 5.97 Å². The molecule has 0 saturated heterocycles. The highest BCUT2D eigenvalue weighted by Gasteiger charge is 2.44. The van der Waals surface area contributed by atoms with Crippen molar-refractivity contribution in [2.45, 2.75) is 75.3 Å². The van der Waals surface area contributed by atoms with Crippen molar-refractivity contribution in [2.75, 3.05) is 17.6 Å². The summed E-state index contributed by atoms with van der Waals surface area (Å²) in [5.41, 5.74) is 17.1. The summed E-state index contributed by atoms with van der Waals surface area (Å²) in [5, 5.41) is 12.5. The van der Waals surface area contributed by atoms with Crippen LogP contribution in [0.1, 0.15) is 62.5 Å². The molecule has 170 valence electrons. The van der Waals surface area contributed by atoms with Gasteiger partial charge < -0.3 is 26.6 Å². The fourth-order valence-corrected chi connectivity index (χ4v) is 5.91. The number of anilines is 2. The number of hydrogen-bond donors (Lipinski definition) is 4. The molecule has 0 unspecified atom stereocenters. The third-order valence-electron chi connectivity index (χ3n) is 7.44. The van der Waals surface area contributed by atoms with E-state index in [0.29, 0.717) is 11.6 Å². The zero-order valence-corrected chi connectivity index (χ0v) is 18.3. The monoisotopic (exact) mass is 437 g/mol. The number of carboxylic acids is 1. The minimum absolute atomic E-state index is 0.0903. The molecule has 0 amide bonds. The Labute approximate surface area is 187 Å². The van der Waals surface area contributed by atoms with Crippen LogP contribution in [-0.4, -0.2) is 39.7 Å². The second-order valence-corrected chi connectivity index (χ2v) is 9.51. The maximum atomic E-state index is 11.4. The summed E-state index contributed by atoms with van der Waals surface area (Å²) in [7, 11) is 0. The molecule has 8 nitrogen and oxygen atoms in total. The van der Waals surface area contributed by atoms with Crippen molar-refractivity contribution < 1.29 is 14.6 Å². The molecule has 1 aromatic heterocycles. The zero-order chi connectivity index (χ0) is 22.3. The predicted octanol–water partition coefficient (Wildman–Crippen LogP) is 3.24. The summed E-state index contributed by atoms with van der Waals surface area (Å²) < 4.78 is 6.43. The van der Waals surface area contributed by atoms with Crippen LogP contribution in [0, 0.1) is 0 Å². The van der Waals surface area contributed by atoms with Crippen LogP contribution in [0.3, 0.4) is 0 Å². The minimum Gasteiger partial charge on any atom is -0.488 e. The molecule has 6 N–H and O–H groups in total. The highest BCUT2D eigenvalue weighted by atomic mass is 16.5.